The molecule has 1 unspecified atom stereocenters. The van der Waals surface area contributed by atoms with Crippen molar-refractivity contribution in [2.24, 2.45) is 0 Å². The third-order valence-electron chi connectivity index (χ3n) is 11.0. The van der Waals surface area contributed by atoms with Gasteiger partial charge in [0.1, 0.15) is 0 Å². The van der Waals surface area contributed by atoms with Gasteiger partial charge in [0.25, 0.3) is 0 Å². The molecule has 0 aromatic heterocycles. The number of hydrogen-bond acceptors (Lipinski definition) is 4. The molecule has 0 aliphatic carbocycles. The minimum atomic E-state index is 0.536. The first kappa shape index (κ1) is 32.5. The average molecular weight is 619 g/mol. The summed E-state index contributed by atoms with van der Waals surface area (Å²) >= 11 is 0. The van der Waals surface area contributed by atoms with Crippen molar-refractivity contribution in [2.45, 2.75) is 111 Å². The summed E-state index contributed by atoms with van der Waals surface area (Å²) in [4.78, 5) is 10.8. The highest BCUT2D eigenvalue weighted by Gasteiger charge is 2.33. The predicted molar refractivity (Wildman–Crippen MR) is 200 cm³/mol. The van der Waals surface area contributed by atoms with Gasteiger partial charge in [-0.25, -0.2) is 0 Å². The third-order valence-corrected chi connectivity index (χ3v) is 11.0. The second-order valence-corrected chi connectivity index (χ2v) is 14.0. The second kappa shape index (κ2) is 15.5. The zero-order chi connectivity index (χ0) is 31.9. The molecule has 1 atom stereocenters. The van der Waals surface area contributed by atoms with Crippen LogP contribution in [0.5, 0.6) is 0 Å². The molecule has 0 radical (unpaired) electrons. The molecule has 3 heterocycles. The van der Waals surface area contributed by atoms with Gasteiger partial charge in [-0.15, -0.1) is 0 Å². The van der Waals surface area contributed by atoms with Crippen molar-refractivity contribution < 1.29 is 0 Å². The van der Waals surface area contributed by atoms with Gasteiger partial charge < -0.3 is 19.6 Å². The zero-order valence-electron chi connectivity index (χ0n) is 29.2. The molecule has 0 bridgehead atoms. The minimum absolute atomic E-state index is 0.536. The molecule has 4 nitrogen and oxygen atoms in total. The molecule has 0 spiro atoms. The Hall–Kier alpha value is -3.40. The molecule has 4 heteroatoms. The Bertz CT molecular complexity index is 1460. The first-order valence-corrected chi connectivity index (χ1v) is 18.6. The number of anilines is 3. The van der Waals surface area contributed by atoms with Gasteiger partial charge in [-0.3, -0.25) is 0 Å². The largest absolute Gasteiger partial charge is 0.371 e. The molecule has 6 rings (SSSR count). The average Bonchev–Trinajstić information content (AvgIpc) is 3.30. The van der Waals surface area contributed by atoms with Crippen LogP contribution in [0.4, 0.5) is 17.1 Å². The van der Waals surface area contributed by atoms with Gasteiger partial charge in [0, 0.05) is 60.9 Å². The van der Waals surface area contributed by atoms with E-state index in [1.807, 2.05) is 0 Å². The predicted octanol–water partition coefficient (Wildman–Crippen LogP) is 10.8. The van der Waals surface area contributed by atoms with E-state index in [0.717, 1.165) is 39.3 Å². The van der Waals surface area contributed by atoms with Crippen molar-refractivity contribution in [1.29, 1.82) is 0 Å². The van der Waals surface area contributed by atoms with Gasteiger partial charge in [-0.2, -0.15) is 0 Å². The summed E-state index contributed by atoms with van der Waals surface area (Å²) in [5.41, 5.74) is 12.4. The molecular formula is C42H58N4. The van der Waals surface area contributed by atoms with E-state index in [9.17, 15) is 0 Å². The zero-order valence-corrected chi connectivity index (χ0v) is 29.2. The highest BCUT2D eigenvalue weighted by molar-refractivity contribution is 5.96. The molecule has 0 amide bonds. The van der Waals surface area contributed by atoms with Crippen LogP contribution in [0.15, 0.2) is 66.9 Å². The molecule has 3 aromatic rings. The lowest BCUT2D eigenvalue weighted by Crippen LogP contribution is -2.35. The van der Waals surface area contributed by atoms with Crippen molar-refractivity contribution >= 4 is 22.8 Å². The van der Waals surface area contributed by atoms with E-state index in [-0.39, 0.29) is 0 Å². The van der Waals surface area contributed by atoms with E-state index < -0.39 is 0 Å². The van der Waals surface area contributed by atoms with Crippen molar-refractivity contribution in [3.63, 3.8) is 0 Å². The summed E-state index contributed by atoms with van der Waals surface area (Å²) in [6.07, 6.45) is 18.1. The summed E-state index contributed by atoms with van der Waals surface area (Å²) in [5.74, 6) is 0. The Morgan fingerprint density at radius 2 is 1.15 bits per heavy atom. The fourth-order valence-electron chi connectivity index (χ4n) is 8.17. The molecular weight excluding hydrogens is 560 g/mol. The van der Waals surface area contributed by atoms with Crippen LogP contribution in [-0.4, -0.2) is 43.8 Å². The van der Waals surface area contributed by atoms with Crippen molar-refractivity contribution in [2.75, 3.05) is 47.5 Å². The van der Waals surface area contributed by atoms with E-state index in [2.05, 4.69) is 114 Å². The van der Waals surface area contributed by atoms with Crippen LogP contribution in [0.2, 0.25) is 0 Å². The van der Waals surface area contributed by atoms with Crippen LogP contribution in [-0.2, 0) is 0 Å². The Morgan fingerprint density at radius 3 is 1.76 bits per heavy atom. The molecule has 246 valence electrons. The van der Waals surface area contributed by atoms with E-state index in [1.165, 1.54) is 121 Å². The fraction of sp³-hybridized carbons (Fsp3) is 0.524. The van der Waals surface area contributed by atoms with Crippen LogP contribution < -0.4 is 14.7 Å². The number of para-hydroxylation sites is 1. The number of aryl methyl sites for hydroxylation is 1. The summed E-state index contributed by atoms with van der Waals surface area (Å²) in [6.45, 7) is 14.7. The maximum Gasteiger partial charge on any atom is 0.0951 e. The number of hydrogen-bond donors (Lipinski definition) is 0. The number of benzene rings is 3. The third kappa shape index (κ3) is 6.97. The second-order valence-electron chi connectivity index (χ2n) is 14.0. The Balaban J connectivity index is 1.55. The van der Waals surface area contributed by atoms with Gasteiger partial charge in [0.2, 0.25) is 0 Å². The Morgan fingerprint density at radius 1 is 0.609 bits per heavy atom. The molecule has 0 N–H and O–H groups in total. The van der Waals surface area contributed by atoms with E-state index in [0.29, 0.717) is 6.04 Å². The molecule has 2 saturated heterocycles. The van der Waals surface area contributed by atoms with E-state index in [4.69, 9.17) is 0 Å². The van der Waals surface area contributed by atoms with Crippen LogP contribution >= 0.6 is 0 Å². The van der Waals surface area contributed by atoms with Crippen molar-refractivity contribution in [3.05, 3.63) is 83.6 Å². The monoisotopic (exact) mass is 618 g/mol. The summed E-state index contributed by atoms with van der Waals surface area (Å²) in [6, 6.07) is 23.8. The van der Waals surface area contributed by atoms with Crippen molar-refractivity contribution in [1.82, 2.24) is 4.90 Å². The van der Waals surface area contributed by atoms with Gasteiger partial charge in [0.05, 0.1) is 18.1 Å². The van der Waals surface area contributed by atoms with Gasteiger partial charge in [-0.05, 0) is 87.3 Å². The maximum absolute atomic E-state index is 2.75. The smallest absolute Gasteiger partial charge is 0.0951 e. The standard InChI is InChI=1S/C42H58N4/c1-5-20-35(6-2)45-31-41(46(32-45)38-24-13-12-22-37(38)36-23-18-21-33(3)34(36)4)42-39(43-27-14-8-7-9-15-28-43)25-19-26-40(42)44-29-16-10-11-17-30-44/h12-13,18-19,21-26,31,35H,5-11,14-17,20,27-30,32H2,1-4H3. The first-order valence-electron chi connectivity index (χ1n) is 18.6. The van der Waals surface area contributed by atoms with Crippen molar-refractivity contribution in [3.8, 4) is 11.1 Å². The molecule has 0 saturated carbocycles. The summed E-state index contributed by atoms with van der Waals surface area (Å²) in [7, 11) is 0. The molecule has 46 heavy (non-hydrogen) atoms. The highest BCUT2D eigenvalue weighted by atomic mass is 15.4. The maximum atomic E-state index is 2.75. The highest BCUT2D eigenvalue weighted by Crippen LogP contribution is 2.46. The molecule has 3 aromatic carbocycles. The van der Waals surface area contributed by atoms with E-state index >= 15 is 0 Å². The number of rotatable bonds is 9. The lowest BCUT2D eigenvalue weighted by atomic mass is 9.95. The van der Waals surface area contributed by atoms with Gasteiger partial charge in [-0.1, -0.05) is 94.8 Å². The molecule has 3 aliphatic rings. The summed E-state index contributed by atoms with van der Waals surface area (Å²) in [5, 5.41) is 0. The topological polar surface area (TPSA) is 13.0 Å². The molecule has 2 fully saturated rings. The van der Waals surface area contributed by atoms with Crippen LogP contribution in [0.3, 0.4) is 0 Å². The quantitative estimate of drug-likeness (QED) is 0.236. The van der Waals surface area contributed by atoms with Gasteiger partial charge >= 0.3 is 0 Å². The van der Waals surface area contributed by atoms with Crippen LogP contribution in [0.25, 0.3) is 16.8 Å². The molecule has 3 aliphatic heterocycles. The fourth-order valence-corrected chi connectivity index (χ4v) is 8.17. The lowest BCUT2D eigenvalue weighted by molar-refractivity contribution is 0.272. The summed E-state index contributed by atoms with van der Waals surface area (Å²) < 4.78 is 0. The normalized spacial score (nSPS) is 18.7. The SMILES string of the molecule is CCCC(CC)N1C=C(c2c(N3CCCCCCC3)cccc2N2CCCCCC2)N(c2ccccc2-c2cccc(C)c2C)C1. The Kier molecular flexibility index (Phi) is 10.9. The lowest BCUT2D eigenvalue weighted by Gasteiger charge is -2.35. The minimum Gasteiger partial charge on any atom is -0.371 e. The van der Waals surface area contributed by atoms with Crippen LogP contribution in [0.1, 0.15) is 108 Å². The Labute approximate surface area is 280 Å². The van der Waals surface area contributed by atoms with Gasteiger partial charge in [0.15, 0.2) is 0 Å². The first-order chi connectivity index (χ1) is 22.6. The van der Waals surface area contributed by atoms with E-state index in [1.54, 1.807) is 0 Å². The number of nitrogens with zero attached hydrogens (tertiary/aromatic N) is 4. The van der Waals surface area contributed by atoms with Crippen LogP contribution in [0, 0.1) is 13.8 Å².